The molecule has 8 nitrogen and oxygen atoms in total. The van der Waals surface area contributed by atoms with Gasteiger partial charge in [-0.1, -0.05) is 49.7 Å². The van der Waals surface area contributed by atoms with Crippen molar-refractivity contribution in [1.82, 2.24) is 19.9 Å². The summed E-state index contributed by atoms with van der Waals surface area (Å²) in [4.78, 5) is 51.8. The SMILES string of the molecule is CCCC(c1[nH]c2ccccc2c1-c1nc2c(C(N)=O)cccc2[nH]1)N1C(=O)c2ccccc2C1=O. The highest BCUT2D eigenvalue weighted by molar-refractivity contribution is 6.21. The zero-order valence-electron chi connectivity index (χ0n) is 19.5. The maximum absolute atomic E-state index is 13.4. The summed E-state index contributed by atoms with van der Waals surface area (Å²) < 4.78 is 0. The summed E-state index contributed by atoms with van der Waals surface area (Å²) in [6, 6.07) is 19.4. The van der Waals surface area contributed by atoms with Crippen LogP contribution in [0.4, 0.5) is 0 Å². The Morgan fingerprint density at radius 2 is 1.58 bits per heavy atom. The molecule has 0 spiro atoms. The van der Waals surface area contributed by atoms with Crippen LogP contribution in [0.2, 0.25) is 0 Å². The van der Waals surface area contributed by atoms with E-state index in [9.17, 15) is 14.4 Å². The molecule has 178 valence electrons. The predicted molar refractivity (Wildman–Crippen MR) is 136 cm³/mol. The lowest BCUT2D eigenvalue weighted by molar-refractivity contribution is 0.0570. The van der Waals surface area contributed by atoms with Crippen LogP contribution in [0.15, 0.2) is 66.7 Å². The van der Waals surface area contributed by atoms with Gasteiger partial charge in [0, 0.05) is 16.5 Å². The molecule has 1 unspecified atom stereocenters. The predicted octanol–water partition coefficient (Wildman–Crippen LogP) is 4.95. The molecule has 3 heterocycles. The molecular weight excluding hydrogens is 454 g/mol. The maximum Gasteiger partial charge on any atom is 0.262 e. The van der Waals surface area contributed by atoms with Crippen molar-refractivity contribution in [3.63, 3.8) is 0 Å². The molecule has 8 heteroatoms. The van der Waals surface area contributed by atoms with Gasteiger partial charge in [-0.2, -0.15) is 0 Å². The van der Waals surface area contributed by atoms with E-state index in [-0.39, 0.29) is 11.8 Å². The van der Waals surface area contributed by atoms with Gasteiger partial charge >= 0.3 is 0 Å². The molecule has 0 bridgehead atoms. The fourth-order valence-electron chi connectivity index (χ4n) is 5.18. The van der Waals surface area contributed by atoms with Gasteiger partial charge in [0.2, 0.25) is 0 Å². The number of fused-ring (bicyclic) bond motifs is 3. The van der Waals surface area contributed by atoms with Gasteiger partial charge in [0.05, 0.1) is 33.9 Å². The number of nitrogens with two attached hydrogens (primary N) is 1. The van der Waals surface area contributed by atoms with Crippen LogP contribution < -0.4 is 5.73 Å². The van der Waals surface area contributed by atoms with Crippen LogP contribution >= 0.6 is 0 Å². The molecule has 0 aliphatic carbocycles. The number of nitrogens with zero attached hydrogens (tertiary/aromatic N) is 2. The number of imide groups is 1. The monoisotopic (exact) mass is 477 g/mol. The minimum Gasteiger partial charge on any atom is -0.366 e. The largest absolute Gasteiger partial charge is 0.366 e. The second-order valence-corrected chi connectivity index (χ2v) is 8.94. The van der Waals surface area contributed by atoms with Gasteiger partial charge in [0.1, 0.15) is 11.3 Å². The number of primary amides is 1. The molecule has 0 radical (unpaired) electrons. The average molecular weight is 478 g/mol. The fourth-order valence-corrected chi connectivity index (χ4v) is 5.18. The second kappa shape index (κ2) is 8.20. The molecule has 0 fully saturated rings. The van der Waals surface area contributed by atoms with E-state index in [1.807, 2.05) is 37.3 Å². The van der Waals surface area contributed by atoms with E-state index < -0.39 is 11.9 Å². The molecule has 2 aromatic heterocycles. The number of rotatable bonds is 6. The second-order valence-electron chi connectivity index (χ2n) is 8.94. The first-order valence-corrected chi connectivity index (χ1v) is 11.9. The topological polar surface area (TPSA) is 125 Å². The Morgan fingerprint density at radius 1 is 0.917 bits per heavy atom. The molecule has 3 aromatic carbocycles. The van der Waals surface area contributed by atoms with Crippen molar-refractivity contribution in [3.8, 4) is 11.4 Å². The number of amides is 3. The Morgan fingerprint density at radius 3 is 2.28 bits per heavy atom. The Labute approximate surface area is 206 Å². The summed E-state index contributed by atoms with van der Waals surface area (Å²) in [6.45, 7) is 2.02. The van der Waals surface area contributed by atoms with Crippen LogP contribution in [0, 0.1) is 0 Å². The van der Waals surface area contributed by atoms with Crippen molar-refractivity contribution >= 4 is 39.7 Å². The number of nitrogens with one attached hydrogen (secondary N) is 2. The molecule has 36 heavy (non-hydrogen) atoms. The summed E-state index contributed by atoms with van der Waals surface area (Å²) in [5, 5.41) is 0.893. The molecule has 1 atom stereocenters. The number of aromatic amines is 2. The minimum atomic E-state index is -0.562. The molecule has 3 amide bonds. The van der Waals surface area contributed by atoms with E-state index in [4.69, 9.17) is 10.7 Å². The van der Waals surface area contributed by atoms with Gasteiger partial charge in [-0.15, -0.1) is 0 Å². The van der Waals surface area contributed by atoms with Gasteiger partial charge in [0.25, 0.3) is 17.7 Å². The van der Waals surface area contributed by atoms with Gasteiger partial charge in [-0.3, -0.25) is 19.3 Å². The smallest absolute Gasteiger partial charge is 0.262 e. The van der Waals surface area contributed by atoms with E-state index in [2.05, 4.69) is 9.97 Å². The van der Waals surface area contributed by atoms with Crippen LogP contribution in [0.1, 0.15) is 62.6 Å². The minimum absolute atomic E-state index is 0.306. The first-order chi connectivity index (χ1) is 17.5. The third-order valence-corrected chi connectivity index (χ3v) is 6.78. The number of aromatic nitrogens is 3. The third kappa shape index (κ3) is 3.15. The van der Waals surface area contributed by atoms with Crippen molar-refractivity contribution in [2.24, 2.45) is 5.73 Å². The van der Waals surface area contributed by atoms with Crippen LogP contribution in [0.25, 0.3) is 33.3 Å². The third-order valence-electron chi connectivity index (χ3n) is 6.78. The molecule has 1 aliphatic rings. The number of hydrogen-bond donors (Lipinski definition) is 3. The Hall–Kier alpha value is -4.72. The van der Waals surface area contributed by atoms with Crippen molar-refractivity contribution in [2.45, 2.75) is 25.8 Å². The quantitative estimate of drug-likeness (QED) is 0.299. The summed E-state index contributed by atoms with van der Waals surface area (Å²) in [7, 11) is 0. The lowest BCUT2D eigenvalue weighted by atomic mass is 10.0. The number of benzene rings is 3. The van der Waals surface area contributed by atoms with Gasteiger partial charge in [0.15, 0.2) is 0 Å². The van der Waals surface area contributed by atoms with Crippen molar-refractivity contribution in [3.05, 3.63) is 89.1 Å². The Balaban J connectivity index is 1.58. The van der Waals surface area contributed by atoms with Crippen LogP contribution in [0.5, 0.6) is 0 Å². The van der Waals surface area contributed by atoms with E-state index in [1.165, 1.54) is 4.90 Å². The molecule has 5 aromatic rings. The van der Waals surface area contributed by atoms with Crippen molar-refractivity contribution < 1.29 is 14.4 Å². The number of hydrogen-bond acceptors (Lipinski definition) is 4. The summed E-state index contributed by atoms with van der Waals surface area (Å²) in [5.74, 6) is -0.643. The zero-order chi connectivity index (χ0) is 25.0. The number of carbonyl (C=O) groups is 3. The summed E-state index contributed by atoms with van der Waals surface area (Å²) in [6.07, 6.45) is 1.32. The van der Waals surface area contributed by atoms with E-state index in [1.54, 1.807) is 36.4 Å². The van der Waals surface area contributed by atoms with E-state index in [0.717, 1.165) is 22.9 Å². The highest BCUT2D eigenvalue weighted by atomic mass is 16.2. The first-order valence-electron chi connectivity index (χ1n) is 11.9. The Bertz CT molecular complexity index is 1660. The number of imidazole rings is 1. The molecule has 1 aliphatic heterocycles. The zero-order valence-corrected chi connectivity index (χ0v) is 19.5. The molecular formula is C28H23N5O3. The highest BCUT2D eigenvalue weighted by Gasteiger charge is 2.41. The normalized spacial score (nSPS) is 14.1. The van der Waals surface area contributed by atoms with Gasteiger partial charge in [-0.25, -0.2) is 4.98 Å². The lowest BCUT2D eigenvalue weighted by Gasteiger charge is -2.26. The fraction of sp³-hybridized carbons (Fsp3) is 0.143. The molecule has 0 saturated carbocycles. The number of carbonyl (C=O) groups excluding carboxylic acids is 3. The Kier molecular flexibility index (Phi) is 4.96. The van der Waals surface area contributed by atoms with Crippen LogP contribution in [-0.2, 0) is 0 Å². The van der Waals surface area contributed by atoms with Crippen LogP contribution in [-0.4, -0.2) is 37.6 Å². The standard InChI is InChI=1S/C28H23N5O3/c1-2-8-21(33-27(35)15-9-3-4-10-16(15)28(33)36)24-22(17-11-5-6-13-19(17)30-24)26-31-20-14-7-12-18(25(29)34)23(20)32-26/h3-7,9-14,21,30H,2,8H2,1H3,(H2,29,34)(H,31,32). The number of H-pyrrole nitrogens is 2. The van der Waals surface area contributed by atoms with E-state index in [0.29, 0.717) is 45.7 Å². The summed E-state index contributed by atoms with van der Waals surface area (Å²) >= 11 is 0. The van der Waals surface area contributed by atoms with Crippen molar-refractivity contribution in [2.75, 3.05) is 0 Å². The van der Waals surface area contributed by atoms with Crippen LogP contribution in [0.3, 0.4) is 0 Å². The number of para-hydroxylation sites is 2. The van der Waals surface area contributed by atoms with Gasteiger partial charge < -0.3 is 15.7 Å². The average Bonchev–Trinajstić information content (AvgIpc) is 3.55. The van der Waals surface area contributed by atoms with E-state index >= 15 is 0 Å². The first kappa shape index (κ1) is 21.8. The lowest BCUT2D eigenvalue weighted by Crippen LogP contribution is -2.34. The molecule has 4 N–H and O–H groups in total. The highest BCUT2D eigenvalue weighted by Crippen LogP contribution is 2.41. The van der Waals surface area contributed by atoms with Crippen molar-refractivity contribution in [1.29, 1.82) is 0 Å². The maximum atomic E-state index is 13.4. The van der Waals surface area contributed by atoms with Gasteiger partial charge in [-0.05, 0) is 36.8 Å². The summed E-state index contributed by atoms with van der Waals surface area (Å²) in [5.41, 5.74) is 10.2. The molecule has 0 saturated heterocycles. The molecule has 6 rings (SSSR count).